The van der Waals surface area contributed by atoms with Gasteiger partial charge in [-0.15, -0.1) is 0 Å². The molecule has 2 N–H and O–H groups in total. The lowest BCUT2D eigenvalue weighted by atomic mass is 9.84. The van der Waals surface area contributed by atoms with Gasteiger partial charge in [0.15, 0.2) is 5.96 Å². The van der Waals surface area contributed by atoms with E-state index in [-0.39, 0.29) is 5.91 Å². The second-order valence-electron chi connectivity index (χ2n) is 8.24. The first-order valence-electron chi connectivity index (χ1n) is 10.5. The molecule has 0 radical (unpaired) electrons. The molecule has 2 fully saturated rings. The summed E-state index contributed by atoms with van der Waals surface area (Å²) in [5.41, 5.74) is 0.429. The topological polar surface area (TPSA) is 60.0 Å². The number of nitrogens with one attached hydrogen (secondary N) is 2. The Balaban J connectivity index is 1.82. The number of carbonyl (C=O) groups excluding carboxylic acids is 1. The van der Waals surface area contributed by atoms with Gasteiger partial charge in [-0.1, -0.05) is 19.8 Å². The number of carbonyl (C=O) groups is 1. The minimum Gasteiger partial charge on any atom is -0.357 e. The molecule has 1 amide bonds. The summed E-state index contributed by atoms with van der Waals surface area (Å²) in [5, 5.41) is 7.05. The number of aliphatic imine (C=N–C) groups is 1. The molecule has 1 saturated heterocycles. The molecule has 1 heterocycles. The van der Waals surface area contributed by atoms with Gasteiger partial charge in [-0.3, -0.25) is 14.7 Å². The van der Waals surface area contributed by atoms with Gasteiger partial charge in [0, 0.05) is 46.3 Å². The maximum atomic E-state index is 11.9. The van der Waals surface area contributed by atoms with Crippen LogP contribution in [0, 0.1) is 5.41 Å². The maximum Gasteiger partial charge on any atom is 0.236 e. The zero-order chi connectivity index (χ0) is 19.0. The molecule has 0 aromatic heterocycles. The van der Waals surface area contributed by atoms with E-state index in [4.69, 9.17) is 4.99 Å². The van der Waals surface area contributed by atoms with Gasteiger partial charge in [0.2, 0.25) is 5.91 Å². The van der Waals surface area contributed by atoms with Crippen LogP contribution in [-0.2, 0) is 4.79 Å². The van der Waals surface area contributed by atoms with Gasteiger partial charge in [-0.2, -0.15) is 0 Å². The number of amides is 1. The van der Waals surface area contributed by atoms with Gasteiger partial charge in [0.1, 0.15) is 0 Å². The monoisotopic (exact) mass is 365 g/mol. The molecule has 150 valence electrons. The average Bonchev–Trinajstić information content (AvgIpc) is 3.11. The third kappa shape index (κ3) is 6.15. The molecule has 0 bridgehead atoms. The molecule has 0 unspecified atom stereocenters. The number of guanidine groups is 1. The quantitative estimate of drug-likeness (QED) is 0.536. The summed E-state index contributed by atoms with van der Waals surface area (Å²) in [6.45, 7) is 8.73. The summed E-state index contributed by atoms with van der Waals surface area (Å²) >= 11 is 0. The normalized spacial score (nSPS) is 21.6. The van der Waals surface area contributed by atoms with Gasteiger partial charge >= 0.3 is 0 Å². The predicted octanol–water partition coefficient (Wildman–Crippen LogP) is 2.06. The second-order valence-corrected chi connectivity index (χ2v) is 8.24. The van der Waals surface area contributed by atoms with Crippen LogP contribution in [0.3, 0.4) is 0 Å². The molecule has 0 aromatic rings. The SMILES string of the molecule is CCNC(=NCC1(CC)CCCC1)NC1CCN(CC(=O)N(C)C)CC1. The maximum absolute atomic E-state index is 11.9. The highest BCUT2D eigenvalue weighted by molar-refractivity contribution is 5.80. The zero-order valence-corrected chi connectivity index (χ0v) is 17.3. The molecule has 2 aliphatic rings. The average molecular weight is 366 g/mol. The van der Waals surface area contributed by atoms with E-state index < -0.39 is 0 Å². The van der Waals surface area contributed by atoms with E-state index in [0.29, 0.717) is 18.0 Å². The standard InChI is InChI=1S/C20H39N5O/c1-5-20(11-7-8-12-20)16-22-19(21-6-2)23-17-9-13-25(14-10-17)15-18(26)24(3)4/h17H,5-16H2,1-4H3,(H2,21,22,23). The van der Waals surface area contributed by atoms with Crippen molar-refractivity contribution in [2.75, 3.05) is 46.8 Å². The third-order valence-electron chi connectivity index (χ3n) is 6.12. The lowest BCUT2D eigenvalue weighted by molar-refractivity contribution is -0.130. The van der Waals surface area contributed by atoms with Crippen molar-refractivity contribution in [3.8, 4) is 0 Å². The minimum absolute atomic E-state index is 0.188. The third-order valence-corrected chi connectivity index (χ3v) is 6.12. The first-order valence-corrected chi connectivity index (χ1v) is 10.5. The Morgan fingerprint density at radius 2 is 1.85 bits per heavy atom. The molecule has 0 aromatic carbocycles. The summed E-state index contributed by atoms with van der Waals surface area (Å²) < 4.78 is 0. The van der Waals surface area contributed by atoms with Crippen LogP contribution < -0.4 is 10.6 Å². The fraction of sp³-hybridized carbons (Fsp3) is 0.900. The highest BCUT2D eigenvalue weighted by atomic mass is 16.2. The number of hydrogen-bond acceptors (Lipinski definition) is 3. The summed E-state index contributed by atoms with van der Waals surface area (Å²) in [6, 6.07) is 0.444. The molecular weight excluding hydrogens is 326 g/mol. The molecule has 1 saturated carbocycles. The van der Waals surface area contributed by atoms with Crippen molar-refractivity contribution in [2.45, 2.75) is 64.8 Å². The van der Waals surface area contributed by atoms with Crippen molar-refractivity contribution in [2.24, 2.45) is 10.4 Å². The van der Waals surface area contributed by atoms with Crippen LogP contribution in [0.5, 0.6) is 0 Å². The highest BCUT2D eigenvalue weighted by Gasteiger charge is 2.32. The lowest BCUT2D eigenvalue weighted by Crippen LogP contribution is -2.50. The van der Waals surface area contributed by atoms with Crippen LogP contribution in [0.2, 0.25) is 0 Å². The molecular formula is C20H39N5O. The largest absolute Gasteiger partial charge is 0.357 e. The first-order chi connectivity index (χ1) is 12.5. The number of rotatable bonds is 7. The van der Waals surface area contributed by atoms with Crippen molar-refractivity contribution in [3.05, 3.63) is 0 Å². The number of likely N-dealkylation sites (tertiary alicyclic amines) is 1. The molecule has 26 heavy (non-hydrogen) atoms. The van der Waals surface area contributed by atoms with E-state index >= 15 is 0 Å². The van der Waals surface area contributed by atoms with E-state index in [1.54, 1.807) is 4.90 Å². The van der Waals surface area contributed by atoms with Crippen molar-refractivity contribution >= 4 is 11.9 Å². The Kier molecular flexibility index (Phi) is 8.19. The van der Waals surface area contributed by atoms with Crippen molar-refractivity contribution in [1.29, 1.82) is 0 Å². The summed E-state index contributed by atoms with van der Waals surface area (Å²) in [7, 11) is 3.65. The smallest absolute Gasteiger partial charge is 0.236 e. The number of nitrogens with zero attached hydrogens (tertiary/aromatic N) is 3. The van der Waals surface area contributed by atoms with Gasteiger partial charge in [0.05, 0.1) is 6.54 Å². The number of hydrogen-bond donors (Lipinski definition) is 2. The Hall–Kier alpha value is -1.30. The Bertz CT molecular complexity index is 463. The van der Waals surface area contributed by atoms with Gasteiger partial charge in [-0.25, -0.2) is 0 Å². The fourth-order valence-corrected chi connectivity index (χ4v) is 4.08. The van der Waals surface area contributed by atoms with Crippen LogP contribution in [-0.4, -0.2) is 74.5 Å². The van der Waals surface area contributed by atoms with Gasteiger partial charge in [0.25, 0.3) is 0 Å². The molecule has 2 rings (SSSR count). The molecule has 0 atom stereocenters. The van der Waals surface area contributed by atoms with Crippen LogP contribution in [0.15, 0.2) is 4.99 Å². The number of likely N-dealkylation sites (N-methyl/N-ethyl adjacent to an activating group) is 1. The molecule has 1 aliphatic carbocycles. The summed E-state index contributed by atoms with van der Waals surface area (Å²) in [6.07, 6.45) is 8.71. The molecule has 1 aliphatic heterocycles. The highest BCUT2D eigenvalue weighted by Crippen LogP contribution is 2.41. The second kappa shape index (κ2) is 10.1. The van der Waals surface area contributed by atoms with Crippen LogP contribution in [0.25, 0.3) is 0 Å². The Labute approximate surface area is 159 Å². The van der Waals surface area contributed by atoms with Crippen molar-refractivity contribution < 1.29 is 4.79 Å². The fourth-order valence-electron chi connectivity index (χ4n) is 4.08. The predicted molar refractivity (Wildman–Crippen MR) is 108 cm³/mol. The molecule has 0 spiro atoms. The van der Waals surface area contributed by atoms with E-state index in [9.17, 15) is 4.79 Å². The Morgan fingerprint density at radius 1 is 1.19 bits per heavy atom. The van der Waals surface area contributed by atoms with Crippen molar-refractivity contribution in [1.82, 2.24) is 20.4 Å². The first kappa shape index (κ1) is 21.0. The van der Waals surface area contributed by atoms with Crippen molar-refractivity contribution in [3.63, 3.8) is 0 Å². The van der Waals surface area contributed by atoms with Gasteiger partial charge in [-0.05, 0) is 44.4 Å². The van der Waals surface area contributed by atoms with Crippen LogP contribution in [0.4, 0.5) is 0 Å². The molecule has 6 nitrogen and oxygen atoms in total. The summed E-state index contributed by atoms with van der Waals surface area (Å²) in [5.74, 6) is 1.16. The summed E-state index contributed by atoms with van der Waals surface area (Å²) in [4.78, 5) is 20.7. The minimum atomic E-state index is 0.188. The van der Waals surface area contributed by atoms with Crippen LogP contribution >= 0.6 is 0 Å². The van der Waals surface area contributed by atoms with Gasteiger partial charge < -0.3 is 15.5 Å². The molecule has 6 heteroatoms. The van der Waals surface area contributed by atoms with E-state index in [2.05, 4.69) is 29.4 Å². The van der Waals surface area contributed by atoms with Crippen LogP contribution in [0.1, 0.15) is 58.8 Å². The number of piperidine rings is 1. The lowest BCUT2D eigenvalue weighted by Gasteiger charge is -2.33. The van der Waals surface area contributed by atoms with E-state index in [1.807, 2.05) is 14.1 Å². The zero-order valence-electron chi connectivity index (χ0n) is 17.3. The van der Waals surface area contributed by atoms with E-state index in [0.717, 1.165) is 45.0 Å². The van der Waals surface area contributed by atoms with E-state index in [1.165, 1.54) is 32.1 Å². The Morgan fingerprint density at radius 3 is 2.38 bits per heavy atom.